The van der Waals surface area contributed by atoms with Gasteiger partial charge < -0.3 is 4.42 Å². The minimum absolute atomic E-state index is 0.0682. The molecule has 2 heterocycles. The van der Waals surface area contributed by atoms with Gasteiger partial charge in [0.25, 0.3) is 0 Å². The van der Waals surface area contributed by atoms with Crippen molar-refractivity contribution in [2.24, 2.45) is 0 Å². The minimum Gasteiger partial charge on any atom is -0.457 e. The van der Waals surface area contributed by atoms with E-state index < -0.39 is 0 Å². The summed E-state index contributed by atoms with van der Waals surface area (Å²) in [7, 11) is 0. The summed E-state index contributed by atoms with van der Waals surface area (Å²) in [5.74, 6) is -0.0682. The molecule has 1 aromatic carbocycles. The van der Waals surface area contributed by atoms with E-state index in [0.29, 0.717) is 15.8 Å². The molecular weight excluding hydrogens is 294 g/mol. The Labute approximate surface area is 112 Å². The highest BCUT2D eigenvalue weighted by Crippen LogP contribution is 2.22. The minimum atomic E-state index is -0.0682. The molecule has 0 atom stereocenters. The van der Waals surface area contributed by atoms with E-state index in [-0.39, 0.29) is 5.78 Å². The Balaban J connectivity index is 2.10. The Morgan fingerprint density at radius 2 is 2.11 bits per heavy atom. The van der Waals surface area contributed by atoms with Crippen molar-refractivity contribution in [3.63, 3.8) is 0 Å². The zero-order valence-corrected chi connectivity index (χ0v) is 10.8. The van der Waals surface area contributed by atoms with Crippen molar-refractivity contribution in [2.75, 3.05) is 0 Å². The van der Waals surface area contributed by atoms with Crippen molar-refractivity contribution in [3.8, 4) is 0 Å². The summed E-state index contributed by atoms with van der Waals surface area (Å²) in [5.41, 5.74) is 2.02. The van der Waals surface area contributed by atoms with Crippen LogP contribution in [0.1, 0.15) is 15.9 Å². The number of nitrogens with zero attached hydrogens (tertiary/aromatic N) is 1. The van der Waals surface area contributed by atoms with Crippen molar-refractivity contribution in [1.29, 1.82) is 0 Å². The average molecular weight is 302 g/mol. The molecule has 3 rings (SSSR count). The lowest BCUT2D eigenvalue weighted by Gasteiger charge is -2.01. The molecule has 0 aliphatic heterocycles. The van der Waals surface area contributed by atoms with Crippen molar-refractivity contribution in [2.45, 2.75) is 0 Å². The lowest BCUT2D eigenvalue weighted by molar-refractivity contribution is 0.103. The number of benzene rings is 1. The first kappa shape index (κ1) is 11.2. The van der Waals surface area contributed by atoms with Crippen molar-refractivity contribution >= 4 is 32.6 Å². The van der Waals surface area contributed by atoms with E-state index >= 15 is 0 Å². The number of aromatic nitrogens is 1. The van der Waals surface area contributed by atoms with Gasteiger partial charge >= 0.3 is 0 Å². The number of halogens is 1. The summed E-state index contributed by atoms with van der Waals surface area (Å²) in [6, 6.07) is 10.9. The molecule has 3 nitrogen and oxygen atoms in total. The molecule has 0 saturated carbocycles. The lowest BCUT2D eigenvalue weighted by atomic mass is 10.0. The predicted octanol–water partition coefficient (Wildman–Crippen LogP) is 3.82. The highest BCUT2D eigenvalue weighted by atomic mass is 79.9. The van der Waals surface area contributed by atoms with Gasteiger partial charge in [-0.15, -0.1) is 0 Å². The van der Waals surface area contributed by atoms with Crippen molar-refractivity contribution in [3.05, 3.63) is 64.7 Å². The topological polar surface area (TPSA) is 43.1 Å². The summed E-state index contributed by atoms with van der Waals surface area (Å²) in [6.45, 7) is 0. The zero-order valence-electron chi connectivity index (χ0n) is 9.26. The molecule has 0 N–H and O–H groups in total. The third-order valence-electron chi connectivity index (χ3n) is 2.73. The molecule has 18 heavy (non-hydrogen) atoms. The standard InChI is InChI=1S/C14H8BrNO2/c15-14-11(5-7-18-14)13(17)10-3-4-12-9(8-10)2-1-6-16-12/h1-8H. The van der Waals surface area contributed by atoms with Gasteiger partial charge in [-0.2, -0.15) is 0 Å². The molecule has 0 aliphatic rings. The Bertz CT molecular complexity index is 733. The zero-order chi connectivity index (χ0) is 12.5. The van der Waals surface area contributed by atoms with Crippen LogP contribution >= 0.6 is 15.9 Å². The largest absolute Gasteiger partial charge is 0.457 e. The monoisotopic (exact) mass is 301 g/mol. The summed E-state index contributed by atoms with van der Waals surface area (Å²) >= 11 is 3.21. The fourth-order valence-electron chi connectivity index (χ4n) is 1.83. The normalized spacial score (nSPS) is 10.7. The number of carbonyl (C=O) groups excluding carboxylic acids is 1. The average Bonchev–Trinajstić information content (AvgIpc) is 2.83. The van der Waals surface area contributed by atoms with E-state index in [1.54, 1.807) is 18.3 Å². The summed E-state index contributed by atoms with van der Waals surface area (Å²) in [5, 5.41) is 0.947. The number of carbonyl (C=O) groups is 1. The SMILES string of the molecule is O=C(c1ccc2ncccc2c1)c1ccoc1Br. The first-order valence-electron chi connectivity index (χ1n) is 5.38. The number of ketones is 1. The number of hydrogen-bond acceptors (Lipinski definition) is 3. The van der Waals surface area contributed by atoms with Crippen LogP contribution in [0.3, 0.4) is 0 Å². The molecule has 3 aromatic rings. The molecule has 4 heteroatoms. The van der Waals surface area contributed by atoms with Gasteiger partial charge in [0, 0.05) is 17.1 Å². The van der Waals surface area contributed by atoms with E-state index in [2.05, 4.69) is 20.9 Å². The first-order chi connectivity index (χ1) is 8.75. The van der Waals surface area contributed by atoms with Crippen LogP contribution in [0, 0.1) is 0 Å². The second-order valence-electron chi connectivity index (χ2n) is 3.85. The molecule has 0 unspecified atom stereocenters. The molecule has 0 radical (unpaired) electrons. The van der Waals surface area contributed by atoms with Crippen LogP contribution in [0.2, 0.25) is 0 Å². The van der Waals surface area contributed by atoms with Crippen molar-refractivity contribution < 1.29 is 9.21 Å². The van der Waals surface area contributed by atoms with Crippen LogP contribution in [0.5, 0.6) is 0 Å². The van der Waals surface area contributed by atoms with Crippen molar-refractivity contribution in [1.82, 2.24) is 4.98 Å². The van der Waals surface area contributed by atoms with Gasteiger partial charge in [0.2, 0.25) is 0 Å². The molecular formula is C14H8BrNO2. The van der Waals surface area contributed by atoms with Gasteiger partial charge in [0.05, 0.1) is 17.3 Å². The second kappa shape index (κ2) is 4.38. The van der Waals surface area contributed by atoms with Gasteiger partial charge in [-0.3, -0.25) is 9.78 Å². The molecule has 0 fully saturated rings. The Kier molecular flexibility index (Phi) is 2.72. The van der Waals surface area contributed by atoms with E-state index in [9.17, 15) is 4.79 Å². The molecule has 2 aromatic heterocycles. The molecule has 0 spiro atoms. The van der Waals surface area contributed by atoms with Gasteiger partial charge in [0.15, 0.2) is 10.5 Å². The summed E-state index contributed by atoms with van der Waals surface area (Å²) in [6.07, 6.45) is 3.22. The Morgan fingerprint density at radius 1 is 1.22 bits per heavy atom. The molecule has 0 amide bonds. The van der Waals surface area contributed by atoms with Gasteiger partial charge in [-0.25, -0.2) is 0 Å². The van der Waals surface area contributed by atoms with Crippen LogP contribution in [-0.4, -0.2) is 10.8 Å². The van der Waals surface area contributed by atoms with Crippen LogP contribution in [0.15, 0.2) is 57.9 Å². The second-order valence-corrected chi connectivity index (χ2v) is 4.57. The third kappa shape index (κ3) is 1.84. The molecule has 88 valence electrons. The van der Waals surface area contributed by atoms with Gasteiger partial charge in [0.1, 0.15) is 0 Å². The van der Waals surface area contributed by atoms with E-state index in [1.165, 1.54) is 6.26 Å². The maximum Gasteiger partial charge on any atom is 0.197 e. The fraction of sp³-hybridized carbons (Fsp3) is 0. The highest BCUT2D eigenvalue weighted by molar-refractivity contribution is 9.10. The fourth-order valence-corrected chi connectivity index (χ4v) is 2.25. The molecule has 0 aliphatic carbocycles. The van der Waals surface area contributed by atoms with E-state index in [1.807, 2.05) is 24.3 Å². The molecule has 0 bridgehead atoms. The van der Waals surface area contributed by atoms with Crippen LogP contribution in [0.4, 0.5) is 0 Å². The quantitative estimate of drug-likeness (QED) is 0.676. The van der Waals surface area contributed by atoms with Crippen LogP contribution < -0.4 is 0 Å². The van der Waals surface area contributed by atoms with E-state index in [0.717, 1.165) is 10.9 Å². The Morgan fingerprint density at radius 3 is 2.89 bits per heavy atom. The number of hydrogen-bond donors (Lipinski definition) is 0. The third-order valence-corrected chi connectivity index (χ3v) is 3.34. The summed E-state index contributed by atoms with van der Waals surface area (Å²) < 4.78 is 5.54. The van der Waals surface area contributed by atoms with E-state index in [4.69, 9.17) is 4.42 Å². The number of rotatable bonds is 2. The Hall–Kier alpha value is -1.94. The maximum absolute atomic E-state index is 12.3. The number of furan rings is 1. The smallest absolute Gasteiger partial charge is 0.197 e. The van der Waals surface area contributed by atoms with Gasteiger partial charge in [-0.1, -0.05) is 6.07 Å². The lowest BCUT2D eigenvalue weighted by Crippen LogP contribution is -2.00. The predicted molar refractivity (Wildman–Crippen MR) is 71.6 cm³/mol. The number of pyridine rings is 1. The van der Waals surface area contributed by atoms with Crippen LogP contribution in [0.25, 0.3) is 10.9 Å². The summed E-state index contributed by atoms with van der Waals surface area (Å²) in [4.78, 5) is 16.5. The maximum atomic E-state index is 12.3. The van der Waals surface area contributed by atoms with Crippen LogP contribution in [-0.2, 0) is 0 Å². The highest BCUT2D eigenvalue weighted by Gasteiger charge is 2.15. The van der Waals surface area contributed by atoms with Gasteiger partial charge in [-0.05, 0) is 46.3 Å². The number of fused-ring (bicyclic) bond motifs is 1. The first-order valence-corrected chi connectivity index (χ1v) is 6.17. The molecule has 0 saturated heterocycles.